The molecular weight excluding hydrogens is 881 g/mol. The SMILES string of the molecule is O=C(O)CCC(CCC(=O)O)(CCC(=O)O)NC(=O)Cn1ccnc1CN(CCc1ccc(NS(=O)O)cc1)Cc1nccn1CC(=O)NC(CCC(=O)O)(CCC(=O)O)CCC(=O)O. The van der Waals surface area contributed by atoms with E-state index in [0.29, 0.717) is 30.3 Å². The van der Waals surface area contributed by atoms with E-state index in [9.17, 15) is 77.8 Å². The maximum absolute atomic E-state index is 13.6. The Labute approximate surface area is 374 Å². The first-order valence-electron chi connectivity index (χ1n) is 20.3. The van der Waals surface area contributed by atoms with Crippen LogP contribution in [0.5, 0.6) is 0 Å². The van der Waals surface area contributed by atoms with E-state index in [0.717, 1.165) is 5.56 Å². The molecule has 0 aliphatic rings. The number of imidazole rings is 2. The number of aliphatic carboxylic acids is 6. The van der Waals surface area contributed by atoms with Crippen LogP contribution in [0.25, 0.3) is 0 Å². The highest BCUT2D eigenvalue weighted by Gasteiger charge is 2.35. The normalized spacial score (nSPS) is 12.0. The maximum Gasteiger partial charge on any atom is 0.303 e. The van der Waals surface area contributed by atoms with E-state index in [1.54, 1.807) is 24.3 Å². The molecule has 0 radical (unpaired) electrons. The summed E-state index contributed by atoms with van der Waals surface area (Å²) in [5.74, 6) is -7.97. The minimum absolute atomic E-state index is 0.0628. The second-order valence-corrected chi connectivity index (χ2v) is 16.2. The van der Waals surface area contributed by atoms with Crippen LogP contribution in [0.3, 0.4) is 0 Å². The van der Waals surface area contributed by atoms with Crippen molar-refractivity contribution in [2.45, 2.75) is 121 Å². The molecule has 25 heteroatoms. The molecule has 1 aromatic carbocycles. The molecule has 2 amide bonds. The van der Waals surface area contributed by atoms with Crippen LogP contribution in [-0.2, 0) is 82.2 Å². The fourth-order valence-electron chi connectivity index (χ4n) is 7.20. The number of rotatable bonds is 33. The Morgan fingerprint density at radius 1 is 0.569 bits per heavy atom. The summed E-state index contributed by atoms with van der Waals surface area (Å²) in [5, 5.41) is 61.8. The van der Waals surface area contributed by atoms with Gasteiger partial charge in [-0.3, -0.25) is 52.5 Å². The van der Waals surface area contributed by atoms with E-state index in [2.05, 4.69) is 25.3 Å². The van der Waals surface area contributed by atoms with Gasteiger partial charge in [0.25, 0.3) is 11.3 Å². The van der Waals surface area contributed by atoms with E-state index in [1.807, 2.05) is 4.90 Å². The van der Waals surface area contributed by atoms with Crippen LogP contribution in [0.4, 0.5) is 5.69 Å². The molecule has 65 heavy (non-hydrogen) atoms. The predicted octanol–water partition coefficient (Wildman–Crippen LogP) is 1.77. The zero-order valence-electron chi connectivity index (χ0n) is 35.3. The lowest BCUT2D eigenvalue weighted by Gasteiger charge is -2.34. The first kappa shape index (κ1) is 52.6. The average Bonchev–Trinajstić information content (AvgIpc) is 3.85. The van der Waals surface area contributed by atoms with Gasteiger partial charge in [-0.1, -0.05) is 12.1 Å². The van der Waals surface area contributed by atoms with Crippen molar-refractivity contribution in [3.8, 4) is 0 Å². The lowest BCUT2D eigenvalue weighted by molar-refractivity contribution is -0.141. The molecule has 0 aliphatic heterocycles. The van der Waals surface area contributed by atoms with Crippen LogP contribution in [0.15, 0.2) is 49.1 Å². The standard InChI is InChI=1S/C40H54N8O16S/c49-31(43-39(12-5-33(51)52,13-6-34(53)54)14-7-35(55)56)25-47-21-18-41-29(47)23-46(20-11-27-1-3-28(4-2-27)45-65(63)64)24-30-42-19-22-48(30)26-32(50)44-40(15-8-36(57)58,16-9-37(59)60)17-10-38(61)62/h1-4,18-19,21-22,45H,5-17,20,23-26H2,(H,43,49)(H,44,50)(H,51,52)(H,53,54)(H,55,56)(H,57,58)(H,59,60)(H,61,62)(H,63,64). The van der Waals surface area contributed by atoms with Crippen molar-refractivity contribution in [3.63, 3.8) is 0 Å². The molecule has 1 atom stereocenters. The van der Waals surface area contributed by atoms with Crippen LogP contribution in [0.1, 0.15) is 94.3 Å². The van der Waals surface area contributed by atoms with Crippen LogP contribution >= 0.6 is 0 Å². The largest absolute Gasteiger partial charge is 0.481 e. The fourth-order valence-corrected chi connectivity index (χ4v) is 7.53. The smallest absolute Gasteiger partial charge is 0.303 e. The van der Waals surface area contributed by atoms with Crippen LogP contribution < -0.4 is 15.4 Å². The first-order chi connectivity index (χ1) is 30.7. The first-order valence-corrected chi connectivity index (χ1v) is 21.4. The summed E-state index contributed by atoms with van der Waals surface area (Å²) < 4.78 is 25.8. The lowest BCUT2D eigenvalue weighted by atomic mass is 9.83. The summed E-state index contributed by atoms with van der Waals surface area (Å²) in [6, 6.07) is 6.69. The highest BCUT2D eigenvalue weighted by Crippen LogP contribution is 2.28. The number of carbonyl (C=O) groups is 8. The topological polar surface area (TPSA) is 370 Å². The highest BCUT2D eigenvalue weighted by atomic mass is 32.2. The zero-order chi connectivity index (χ0) is 48.2. The average molecular weight is 935 g/mol. The van der Waals surface area contributed by atoms with E-state index in [-0.39, 0.29) is 64.7 Å². The fraction of sp³-hybridized carbons (Fsp3) is 0.500. The van der Waals surface area contributed by atoms with Gasteiger partial charge in [0.2, 0.25) is 11.8 Å². The van der Waals surface area contributed by atoms with Gasteiger partial charge in [0.1, 0.15) is 24.7 Å². The molecule has 10 N–H and O–H groups in total. The Bertz CT molecular complexity index is 1950. The molecule has 0 spiro atoms. The number of hydrogen-bond donors (Lipinski definition) is 10. The number of hydrogen-bond acceptors (Lipinski definition) is 12. The van der Waals surface area contributed by atoms with Crippen molar-refractivity contribution in [1.82, 2.24) is 34.6 Å². The predicted molar refractivity (Wildman–Crippen MR) is 226 cm³/mol. The van der Waals surface area contributed by atoms with Gasteiger partial charge in [-0.15, -0.1) is 0 Å². The lowest BCUT2D eigenvalue weighted by Crippen LogP contribution is -2.50. The molecular formula is C40H54N8O16S. The second kappa shape index (κ2) is 25.5. The quantitative estimate of drug-likeness (QED) is 0.0389. The summed E-state index contributed by atoms with van der Waals surface area (Å²) in [5.41, 5.74) is -1.73. The molecule has 0 aliphatic carbocycles. The summed E-state index contributed by atoms with van der Waals surface area (Å²) >= 11 is -2.29. The van der Waals surface area contributed by atoms with Gasteiger partial charge in [0, 0.05) is 86.6 Å². The monoisotopic (exact) mass is 934 g/mol. The number of aromatic nitrogens is 4. The van der Waals surface area contributed by atoms with Gasteiger partial charge in [-0.25, -0.2) is 14.2 Å². The molecule has 2 aromatic heterocycles. The van der Waals surface area contributed by atoms with Crippen LogP contribution in [0.2, 0.25) is 0 Å². The van der Waals surface area contributed by atoms with Crippen molar-refractivity contribution >= 4 is 64.6 Å². The third kappa shape index (κ3) is 19.7. The summed E-state index contributed by atoms with van der Waals surface area (Å²) in [4.78, 5) is 107. The molecule has 3 aromatic rings. The van der Waals surface area contributed by atoms with Gasteiger partial charge in [-0.05, 0) is 62.6 Å². The molecule has 1 unspecified atom stereocenters. The molecule has 0 bridgehead atoms. The van der Waals surface area contributed by atoms with Gasteiger partial charge in [0.15, 0.2) is 0 Å². The van der Waals surface area contributed by atoms with Crippen molar-refractivity contribution in [2.75, 3.05) is 11.3 Å². The number of amides is 2. The highest BCUT2D eigenvalue weighted by molar-refractivity contribution is 7.80. The van der Waals surface area contributed by atoms with Crippen molar-refractivity contribution < 1.29 is 77.8 Å². The number of benzene rings is 1. The molecule has 24 nitrogen and oxygen atoms in total. The number of carboxylic acid groups (broad SMARTS) is 6. The molecule has 356 valence electrons. The molecule has 3 rings (SSSR count). The van der Waals surface area contributed by atoms with Gasteiger partial charge in [-0.2, -0.15) is 0 Å². The third-order valence-corrected chi connectivity index (χ3v) is 11.0. The number of anilines is 1. The maximum atomic E-state index is 13.6. The van der Waals surface area contributed by atoms with Gasteiger partial charge < -0.3 is 50.4 Å². The summed E-state index contributed by atoms with van der Waals surface area (Å²) in [7, 11) is 0. The Hall–Kier alpha value is -6.73. The summed E-state index contributed by atoms with van der Waals surface area (Å²) in [6.45, 7) is -0.315. The molecule has 2 heterocycles. The minimum atomic E-state index is -2.29. The van der Waals surface area contributed by atoms with Gasteiger partial charge >= 0.3 is 35.8 Å². The zero-order valence-corrected chi connectivity index (χ0v) is 36.1. The van der Waals surface area contributed by atoms with Crippen molar-refractivity contribution in [2.24, 2.45) is 0 Å². The minimum Gasteiger partial charge on any atom is -0.481 e. The summed E-state index contributed by atoms with van der Waals surface area (Å²) in [6.07, 6.45) is 2.10. The number of nitrogens with zero attached hydrogens (tertiary/aromatic N) is 5. The van der Waals surface area contributed by atoms with Crippen molar-refractivity contribution in [1.29, 1.82) is 0 Å². The van der Waals surface area contributed by atoms with E-state index in [1.165, 1.54) is 33.9 Å². The molecule has 0 saturated carbocycles. The second-order valence-electron chi connectivity index (χ2n) is 15.5. The van der Waals surface area contributed by atoms with Gasteiger partial charge in [0.05, 0.1) is 13.1 Å². The van der Waals surface area contributed by atoms with E-state index >= 15 is 0 Å². The Balaban J connectivity index is 1.91. The number of carboxylic acids is 6. The Kier molecular flexibility index (Phi) is 20.7. The van der Waals surface area contributed by atoms with Crippen LogP contribution in [0, 0.1) is 0 Å². The number of nitrogens with one attached hydrogen (secondary N) is 3. The molecule has 0 saturated heterocycles. The molecule has 0 fully saturated rings. The Morgan fingerprint density at radius 2 is 0.908 bits per heavy atom. The van der Waals surface area contributed by atoms with E-state index < -0.39 is 108 Å². The van der Waals surface area contributed by atoms with Crippen molar-refractivity contribution in [3.05, 3.63) is 66.3 Å². The number of carbonyl (C=O) groups excluding carboxylic acids is 2. The van der Waals surface area contributed by atoms with Crippen LogP contribution in [-0.4, -0.2) is 129 Å². The van der Waals surface area contributed by atoms with E-state index in [4.69, 9.17) is 0 Å². The Morgan fingerprint density at radius 3 is 1.22 bits per heavy atom. The third-order valence-electron chi connectivity index (χ3n) is 10.6.